The maximum Gasteiger partial charge on any atom is 0.410 e. The number of amides is 1. The fourth-order valence-corrected chi connectivity index (χ4v) is 4.04. The van der Waals surface area contributed by atoms with Gasteiger partial charge in [0, 0.05) is 37.3 Å². The molecule has 130 valence electrons. The fraction of sp³-hybridized carbons (Fsp3) is 0.421. The van der Waals surface area contributed by atoms with Crippen molar-refractivity contribution in [3.63, 3.8) is 0 Å². The summed E-state index contributed by atoms with van der Waals surface area (Å²) in [5, 5.41) is 11.0. The summed E-state index contributed by atoms with van der Waals surface area (Å²) in [5.74, 6) is 0.448. The second-order valence-electron chi connectivity index (χ2n) is 6.84. The Morgan fingerprint density at radius 3 is 2.40 bits per heavy atom. The first-order chi connectivity index (χ1) is 12.2. The van der Waals surface area contributed by atoms with E-state index in [-0.39, 0.29) is 24.8 Å². The Labute approximate surface area is 146 Å². The van der Waals surface area contributed by atoms with Gasteiger partial charge in [-0.05, 0) is 24.5 Å². The first-order valence-corrected chi connectivity index (χ1v) is 8.65. The monoisotopic (exact) mass is 339 g/mol. The smallest absolute Gasteiger partial charge is 0.410 e. The normalized spacial score (nSPS) is 28.0. The molecule has 3 heterocycles. The Bertz CT molecular complexity index is 724. The van der Waals surface area contributed by atoms with Gasteiger partial charge >= 0.3 is 6.09 Å². The number of rotatable bonds is 3. The van der Waals surface area contributed by atoms with Crippen LogP contribution < -0.4 is 0 Å². The standard InChI is InChI=1S/C19H21N3O3/c23-18(25-13-14-5-2-1-3-6-14)22-15-7-8-16(22)12-19(24,11-15)17-20-9-4-10-21-17/h1-6,9-10,15-16,24H,7-8,11-13H2. The van der Waals surface area contributed by atoms with Crippen molar-refractivity contribution in [3.05, 3.63) is 60.2 Å². The number of benzene rings is 1. The van der Waals surface area contributed by atoms with Crippen molar-refractivity contribution in [3.8, 4) is 0 Å². The van der Waals surface area contributed by atoms with Crippen LogP contribution in [-0.2, 0) is 16.9 Å². The summed E-state index contributed by atoms with van der Waals surface area (Å²) >= 11 is 0. The molecule has 2 unspecified atom stereocenters. The Morgan fingerprint density at radius 2 is 1.76 bits per heavy atom. The van der Waals surface area contributed by atoms with Crippen molar-refractivity contribution in [1.82, 2.24) is 14.9 Å². The van der Waals surface area contributed by atoms with Gasteiger partial charge in [0.1, 0.15) is 12.2 Å². The Balaban J connectivity index is 1.44. The average Bonchev–Trinajstić information content (AvgIpc) is 2.93. The van der Waals surface area contributed by atoms with E-state index >= 15 is 0 Å². The Kier molecular flexibility index (Phi) is 4.13. The summed E-state index contributed by atoms with van der Waals surface area (Å²) in [6.45, 7) is 0.266. The number of fused-ring (bicyclic) bond motifs is 2. The molecule has 2 aliphatic rings. The SMILES string of the molecule is O=C(OCc1ccccc1)N1C2CCC1CC(O)(c1ncccn1)C2. The van der Waals surface area contributed by atoms with Crippen LogP contribution in [-0.4, -0.2) is 38.2 Å². The highest BCUT2D eigenvalue weighted by atomic mass is 16.6. The summed E-state index contributed by atoms with van der Waals surface area (Å²) in [6, 6.07) is 11.3. The topological polar surface area (TPSA) is 75.5 Å². The molecule has 1 amide bonds. The summed E-state index contributed by atoms with van der Waals surface area (Å²) in [4.78, 5) is 22.8. The molecule has 25 heavy (non-hydrogen) atoms. The molecular weight excluding hydrogens is 318 g/mol. The van der Waals surface area contributed by atoms with Crippen molar-refractivity contribution >= 4 is 6.09 Å². The van der Waals surface area contributed by atoms with Gasteiger partial charge in [-0.3, -0.25) is 0 Å². The molecule has 6 nitrogen and oxygen atoms in total. The van der Waals surface area contributed by atoms with Gasteiger partial charge in [0.2, 0.25) is 0 Å². The highest BCUT2D eigenvalue weighted by molar-refractivity contribution is 5.69. The van der Waals surface area contributed by atoms with Crippen molar-refractivity contribution < 1.29 is 14.6 Å². The maximum atomic E-state index is 12.6. The average molecular weight is 339 g/mol. The highest BCUT2D eigenvalue weighted by Gasteiger charge is 2.51. The highest BCUT2D eigenvalue weighted by Crippen LogP contribution is 2.44. The summed E-state index contributed by atoms with van der Waals surface area (Å²) < 4.78 is 5.50. The molecule has 0 saturated carbocycles. The minimum atomic E-state index is -1.07. The molecular formula is C19H21N3O3. The largest absolute Gasteiger partial charge is 0.445 e. The van der Waals surface area contributed by atoms with Gasteiger partial charge < -0.3 is 14.7 Å². The van der Waals surface area contributed by atoms with Gasteiger partial charge in [-0.2, -0.15) is 0 Å². The molecule has 1 aromatic carbocycles. The molecule has 0 radical (unpaired) electrons. The molecule has 0 aliphatic carbocycles. The van der Waals surface area contributed by atoms with E-state index in [0.717, 1.165) is 18.4 Å². The van der Waals surface area contributed by atoms with Crippen LogP contribution in [0.2, 0.25) is 0 Å². The van der Waals surface area contributed by atoms with Crippen LogP contribution in [0.25, 0.3) is 0 Å². The second kappa shape index (κ2) is 6.44. The number of aliphatic hydroxyl groups is 1. The van der Waals surface area contributed by atoms with Gasteiger partial charge in [-0.15, -0.1) is 0 Å². The second-order valence-corrected chi connectivity index (χ2v) is 6.84. The number of hydrogen-bond acceptors (Lipinski definition) is 5. The fourth-order valence-electron chi connectivity index (χ4n) is 4.04. The molecule has 2 aliphatic heterocycles. The number of piperidine rings is 1. The van der Waals surface area contributed by atoms with Crippen LogP contribution in [0.1, 0.15) is 37.1 Å². The molecule has 1 N–H and O–H groups in total. The van der Waals surface area contributed by atoms with E-state index < -0.39 is 5.60 Å². The minimum absolute atomic E-state index is 0.0316. The van der Waals surface area contributed by atoms with Crippen molar-refractivity contribution in [2.45, 2.75) is 50.0 Å². The number of ether oxygens (including phenoxy) is 1. The summed E-state index contributed by atoms with van der Waals surface area (Å²) in [5.41, 5.74) is -0.0991. The minimum Gasteiger partial charge on any atom is -0.445 e. The lowest BCUT2D eigenvalue weighted by molar-refractivity contribution is -0.0594. The molecule has 0 spiro atoms. The zero-order valence-electron chi connectivity index (χ0n) is 13.9. The molecule has 2 aromatic rings. The zero-order valence-corrected chi connectivity index (χ0v) is 13.9. The Morgan fingerprint density at radius 1 is 1.12 bits per heavy atom. The molecule has 2 saturated heterocycles. The predicted molar refractivity (Wildman–Crippen MR) is 90.4 cm³/mol. The molecule has 1 aromatic heterocycles. The van der Waals surface area contributed by atoms with Crippen LogP contribution >= 0.6 is 0 Å². The van der Waals surface area contributed by atoms with E-state index in [1.165, 1.54) is 0 Å². The van der Waals surface area contributed by atoms with Gasteiger partial charge in [0.15, 0.2) is 5.82 Å². The van der Waals surface area contributed by atoms with E-state index in [9.17, 15) is 9.90 Å². The molecule has 6 heteroatoms. The van der Waals surface area contributed by atoms with Crippen LogP contribution in [0.5, 0.6) is 0 Å². The van der Waals surface area contributed by atoms with Crippen molar-refractivity contribution in [2.75, 3.05) is 0 Å². The van der Waals surface area contributed by atoms with Crippen LogP contribution in [0.4, 0.5) is 4.79 Å². The summed E-state index contributed by atoms with van der Waals surface area (Å²) in [7, 11) is 0. The van der Waals surface area contributed by atoms with Crippen molar-refractivity contribution in [1.29, 1.82) is 0 Å². The van der Waals surface area contributed by atoms with Gasteiger partial charge in [0.25, 0.3) is 0 Å². The van der Waals surface area contributed by atoms with E-state index in [0.29, 0.717) is 18.7 Å². The zero-order chi connectivity index (χ0) is 17.3. The lowest BCUT2D eigenvalue weighted by atomic mass is 9.85. The number of carbonyl (C=O) groups excluding carboxylic acids is 1. The van der Waals surface area contributed by atoms with Crippen molar-refractivity contribution in [2.24, 2.45) is 0 Å². The van der Waals surface area contributed by atoms with E-state index in [1.807, 2.05) is 30.3 Å². The predicted octanol–water partition coefficient (Wildman–Crippen LogP) is 2.63. The van der Waals surface area contributed by atoms with Crippen LogP contribution in [0, 0.1) is 0 Å². The van der Waals surface area contributed by atoms with E-state index in [4.69, 9.17) is 4.74 Å². The Hall–Kier alpha value is -2.47. The van der Waals surface area contributed by atoms with Crippen LogP contribution in [0.3, 0.4) is 0 Å². The number of nitrogens with zero attached hydrogens (tertiary/aromatic N) is 3. The first-order valence-electron chi connectivity index (χ1n) is 8.65. The molecule has 4 rings (SSSR count). The number of aromatic nitrogens is 2. The summed E-state index contributed by atoms with van der Waals surface area (Å²) in [6.07, 6.45) is 5.64. The van der Waals surface area contributed by atoms with Gasteiger partial charge in [0.05, 0.1) is 0 Å². The third kappa shape index (κ3) is 3.09. The van der Waals surface area contributed by atoms with Gasteiger partial charge in [-0.1, -0.05) is 30.3 Å². The van der Waals surface area contributed by atoms with Gasteiger partial charge in [-0.25, -0.2) is 14.8 Å². The van der Waals surface area contributed by atoms with E-state index in [2.05, 4.69) is 9.97 Å². The first kappa shape index (κ1) is 16.0. The lowest BCUT2D eigenvalue weighted by Gasteiger charge is -2.42. The lowest BCUT2D eigenvalue weighted by Crippen LogP contribution is -2.52. The van der Waals surface area contributed by atoms with Crippen LogP contribution in [0.15, 0.2) is 48.8 Å². The molecule has 2 atom stereocenters. The quantitative estimate of drug-likeness (QED) is 0.930. The number of hydrogen-bond donors (Lipinski definition) is 1. The number of carbonyl (C=O) groups is 1. The molecule has 2 bridgehead atoms. The van der Waals surface area contributed by atoms with E-state index in [1.54, 1.807) is 23.4 Å². The third-order valence-electron chi connectivity index (χ3n) is 5.16. The third-order valence-corrected chi connectivity index (χ3v) is 5.16. The maximum absolute atomic E-state index is 12.6. The molecule has 2 fully saturated rings.